The molecule has 72 valence electrons. The monoisotopic (exact) mass is 169 g/mol. The predicted molar refractivity (Wildman–Crippen MR) is 56.2 cm³/mol. The van der Waals surface area contributed by atoms with Crippen molar-refractivity contribution in [1.82, 2.24) is 5.32 Å². The van der Waals surface area contributed by atoms with Gasteiger partial charge in [0.2, 0.25) is 0 Å². The van der Waals surface area contributed by atoms with Gasteiger partial charge in [-0.3, -0.25) is 0 Å². The number of allylic oxidation sites excluding steroid dienone is 1. The molecule has 0 aromatic carbocycles. The highest BCUT2D eigenvalue weighted by Crippen LogP contribution is 2.06. The molecule has 0 fully saturated rings. The highest BCUT2D eigenvalue weighted by Gasteiger charge is 1.87. The molecule has 1 N–H and O–H groups in total. The highest BCUT2D eigenvalue weighted by molar-refractivity contribution is 4.77. The van der Waals surface area contributed by atoms with Crippen molar-refractivity contribution in [3.8, 4) is 0 Å². The van der Waals surface area contributed by atoms with Gasteiger partial charge in [-0.15, -0.1) is 0 Å². The fourth-order valence-electron chi connectivity index (χ4n) is 1.24. The lowest BCUT2D eigenvalue weighted by Gasteiger charge is -1.97. The van der Waals surface area contributed by atoms with Crippen LogP contribution in [0.3, 0.4) is 0 Å². The molecule has 0 saturated heterocycles. The number of unbranched alkanes of at least 4 members (excludes halogenated alkanes) is 6. The summed E-state index contributed by atoms with van der Waals surface area (Å²) in [5, 5.41) is 3.00. The molecule has 12 heavy (non-hydrogen) atoms. The van der Waals surface area contributed by atoms with Crippen molar-refractivity contribution in [3.63, 3.8) is 0 Å². The van der Waals surface area contributed by atoms with Crippen LogP contribution < -0.4 is 5.32 Å². The van der Waals surface area contributed by atoms with E-state index in [0.717, 1.165) is 0 Å². The molecule has 0 saturated carbocycles. The molecule has 1 heteroatoms. The van der Waals surface area contributed by atoms with Gasteiger partial charge in [0.05, 0.1) is 0 Å². The Balaban J connectivity index is 2.86. The molecule has 0 aromatic rings. The molecular weight excluding hydrogens is 146 g/mol. The van der Waals surface area contributed by atoms with Crippen molar-refractivity contribution in [2.75, 3.05) is 7.05 Å². The number of nitrogens with one attached hydrogen (secondary N) is 1. The lowest BCUT2D eigenvalue weighted by molar-refractivity contribution is 0.611. The molecule has 0 spiro atoms. The van der Waals surface area contributed by atoms with Crippen LogP contribution in [0.2, 0.25) is 0 Å². The van der Waals surface area contributed by atoms with Gasteiger partial charge in [0, 0.05) is 7.05 Å². The van der Waals surface area contributed by atoms with Crippen LogP contribution in [0.4, 0.5) is 0 Å². The van der Waals surface area contributed by atoms with Crippen molar-refractivity contribution in [3.05, 3.63) is 12.3 Å². The SMILES string of the molecule is CCCCCCCC/C=C/NC. The van der Waals surface area contributed by atoms with Crippen LogP contribution in [0, 0.1) is 0 Å². The summed E-state index contributed by atoms with van der Waals surface area (Å²) in [5.74, 6) is 0. The van der Waals surface area contributed by atoms with Gasteiger partial charge in [0.1, 0.15) is 0 Å². The minimum absolute atomic E-state index is 1.23. The summed E-state index contributed by atoms with van der Waals surface area (Å²) in [6.07, 6.45) is 13.8. The standard InChI is InChI=1S/C11H23N/c1-3-4-5-6-7-8-9-10-11-12-2/h10-12H,3-9H2,1-2H3/b11-10+. The molecule has 0 radical (unpaired) electrons. The first kappa shape index (κ1) is 11.5. The van der Waals surface area contributed by atoms with Crippen molar-refractivity contribution >= 4 is 0 Å². The zero-order chi connectivity index (χ0) is 9.07. The average molecular weight is 169 g/mol. The van der Waals surface area contributed by atoms with E-state index in [-0.39, 0.29) is 0 Å². The topological polar surface area (TPSA) is 12.0 Å². The smallest absolute Gasteiger partial charge is 0.00276 e. The maximum absolute atomic E-state index is 3.00. The Morgan fingerprint density at radius 3 is 2.33 bits per heavy atom. The summed E-state index contributed by atoms with van der Waals surface area (Å²) in [6, 6.07) is 0. The normalized spacial score (nSPS) is 10.8. The Hall–Kier alpha value is -0.460. The first-order valence-electron chi connectivity index (χ1n) is 5.24. The Kier molecular flexibility index (Phi) is 10.1. The highest BCUT2D eigenvalue weighted by atomic mass is 14.8. The summed E-state index contributed by atoms with van der Waals surface area (Å²) in [6.45, 7) is 2.26. The first-order valence-corrected chi connectivity index (χ1v) is 5.24. The molecule has 0 aliphatic carbocycles. The third kappa shape index (κ3) is 9.54. The molecule has 0 unspecified atom stereocenters. The lowest BCUT2D eigenvalue weighted by atomic mass is 10.1. The second-order valence-electron chi connectivity index (χ2n) is 3.25. The minimum atomic E-state index is 1.23. The van der Waals surface area contributed by atoms with E-state index in [4.69, 9.17) is 0 Å². The van der Waals surface area contributed by atoms with Crippen molar-refractivity contribution < 1.29 is 0 Å². The van der Waals surface area contributed by atoms with E-state index in [1.807, 2.05) is 13.2 Å². The van der Waals surface area contributed by atoms with Crippen LogP contribution in [0.5, 0.6) is 0 Å². The number of rotatable bonds is 8. The molecule has 0 amide bonds. The maximum Gasteiger partial charge on any atom is 0.00276 e. The molecule has 0 aliphatic rings. The molecule has 0 atom stereocenters. The Bertz CT molecular complexity index is 97.2. The fraction of sp³-hybridized carbons (Fsp3) is 0.818. The van der Waals surface area contributed by atoms with Gasteiger partial charge in [-0.1, -0.05) is 45.1 Å². The summed E-state index contributed by atoms with van der Waals surface area (Å²) >= 11 is 0. The van der Waals surface area contributed by atoms with Crippen LogP contribution in [0.25, 0.3) is 0 Å². The van der Waals surface area contributed by atoms with Crippen LogP contribution in [0.15, 0.2) is 12.3 Å². The Labute approximate surface area is 77.2 Å². The van der Waals surface area contributed by atoms with Crippen molar-refractivity contribution in [2.24, 2.45) is 0 Å². The first-order chi connectivity index (χ1) is 5.91. The van der Waals surface area contributed by atoms with Gasteiger partial charge in [-0.25, -0.2) is 0 Å². The molecule has 0 rings (SSSR count). The summed E-state index contributed by atoms with van der Waals surface area (Å²) in [4.78, 5) is 0. The molecule has 0 bridgehead atoms. The van der Waals surface area contributed by atoms with E-state index in [9.17, 15) is 0 Å². The van der Waals surface area contributed by atoms with E-state index >= 15 is 0 Å². The van der Waals surface area contributed by atoms with Crippen LogP contribution in [-0.2, 0) is 0 Å². The van der Waals surface area contributed by atoms with Gasteiger partial charge in [0.25, 0.3) is 0 Å². The lowest BCUT2D eigenvalue weighted by Crippen LogP contribution is -1.90. The van der Waals surface area contributed by atoms with E-state index in [1.165, 1.54) is 44.9 Å². The average Bonchev–Trinajstić information content (AvgIpc) is 2.10. The largest absolute Gasteiger partial charge is 0.394 e. The molecule has 0 aromatic heterocycles. The number of hydrogen-bond acceptors (Lipinski definition) is 1. The van der Waals surface area contributed by atoms with E-state index in [1.54, 1.807) is 0 Å². The van der Waals surface area contributed by atoms with Crippen LogP contribution in [-0.4, -0.2) is 7.05 Å². The predicted octanol–water partition coefficient (Wildman–Crippen LogP) is 3.47. The second-order valence-corrected chi connectivity index (χ2v) is 3.25. The molecular formula is C11H23N. The van der Waals surface area contributed by atoms with Crippen LogP contribution >= 0.6 is 0 Å². The van der Waals surface area contributed by atoms with Crippen molar-refractivity contribution in [1.29, 1.82) is 0 Å². The maximum atomic E-state index is 3.00. The Morgan fingerprint density at radius 2 is 1.67 bits per heavy atom. The molecule has 1 nitrogen and oxygen atoms in total. The van der Waals surface area contributed by atoms with Gasteiger partial charge in [0.15, 0.2) is 0 Å². The third-order valence-electron chi connectivity index (χ3n) is 2.01. The van der Waals surface area contributed by atoms with Gasteiger partial charge in [-0.2, -0.15) is 0 Å². The zero-order valence-corrected chi connectivity index (χ0v) is 8.60. The summed E-state index contributed by atoms with van der Waals surface area (Å²) in [7, 11) is 1.94. The fourth-order valence-corrected chi connectivity index (χ4v) is 1.24. The summed E-state index contributed by atoms with van der Waals surface area (Å²) in [5.41, 5.74) is 0. The molecule has 0 aliphatic heterocycles. The van der Waals surface area contributed by atoms with Gasteiger partial charge < -0.3 is 5.32 Å². The number of hydrogen-bond donors (Lipinski definition) is 1. The van der Waals surface area contributed by atoms with Crippen LogP contribution in [0.1, 0.15) is 51.9 Å². The van der Waals surface area contributed by atoms with E-state index in [2.05, 4.69) is 18.3 Å². The zero-order valence-electron chi connectivity index (χ0n) is 8.60. The van der Waals surface area contributed by atoms with Gasteiger partial charge in [-0.05, 0) is 19.0 Å². The minimum Gasteiger partial charge on any atom is -0.394 e. The molecule has 0 heterocycles. The third-order valence-corrected chi connectivity index (χ3v) is 2.01. The Morgan fingerprint density at radius 1 is 1.00 bits per heavy atom. The second kappa shape index (κ2) is 10.5. The van der Waals surface area contributed by atoms with E-state index in [0.29, 0.717) is 0 Å². The van der Waals surface area contributed by atoms with Gasteiger partial charge >= 0.3 is 0 Å². The quantitative estimate of drug-likeness (QED) is 0.549. The van der Waals surface area contributed by atoms with E-state index < -0.39 is 0 Å². The summed E-state index contributed by atoms with van der Waals surface area (Å²) < 4.78 is 0. The van der Waals surface area contributed by atoms with Crippen molar-refractivity contribution in [2.45, 2.75) is 51.9 Å².